The second kappa shape index (κ2) is 3.28. The summed E-state index contributed by atoms with van der Waals surface area (Å²) >= 11 is 0. The summed E-state index contributed by atoms with van der Waals surface area (Å²) in [6.45, 7) is 7.17. The fraction of sp³-hybridized carbons (Fsp3) is 0.455. The smallest absolute Gasteiger partial charge is 0.0178 e. The van der Waals surface area contributed by atoms with Crippen molar-refractivity contribution < 1.29 is 0 Å². The van der Waals surface area contributed by atoms with Gasteiger partial charge in [0.25, 0.3) is 0 Å². The lowest BCUT2D eigenvalue weighted by Gasteiger charge is -2.19. The molecule has 0 aliphatic rings. The van der Waals surface area contributed by atoms with Gasteiger partial charge in [0.15, 0.2) is 0 Å². The van der Waals surface area contributed by atoms with E-state index in [-0.39, 0.29) is 5.41 Å². The molecule has 2 N–H and O–H groups in total. The topological polar surface area (TPSA) is 26.0 Å². The van der Waals surface area contributed by atoms with E-state index in [1.54, 1.807) is 0 Å². The standard InChI is InChI=1S/C11H16N/c1-11(2,3)10-6-4-5-9(7-10)8-12/h5-7H,8,12H2,1-3H3. The van der Waals surface area contributed by atoms with Crippen LogP contribution >= 0.6 is 0 Å². The first kappa shape index (κ1) is 9.27. The molecule has 1 nitrogen and oxygen atoms in total. The third kappa shape index (κ3) is 2.08. The summed E-state index contributed by atoms with van der Waals surface area (Å²) in [6, 6.07) is 9.22. The first-order valence-corrected chi connectivity index (χ1v) is 4.24. The quantitative estimate of drug-likeness (QED) is 0.673. The Morgan fingerprint density at radius 3 is 2.50 bits per heavy atom. The largest absolute Gasteiger partial charge is 0.326 e. The van der Waals surface area contributed by atoms with Gasteiger partial charge in [-0.3, -0.25) is 0 Å². The average molecular weight is 162 g/mol. The molecule has 0 unspecified atom stereocenters. The Hall–Kier alpha value is -0.820. The first-order chi connectivity index (χ1) is 5.54. The molecule has 0 saturated carbocycles. The Bertz CT molecular complexity index is 258. The minimum atomic E-state index is 0.196. The van der Waals surface area contributed by atoms with E-state index in [4.69, 9.17) is 5.73 Å². The predicted octanol–water partition coefficient (Wildman–Crippen LogP) is 2.24. The third-order valence-electron chi connectivity index (χ3n) is 1.95. The van der Waals surface area contributed by atoms with Crippen LogP contribution < -0.4 is 5.73 Å². The monoisotopic (exact) mass is 162 g/mol. The fourth-order valence-electron chi connectivity index (χ4n) is 1.07. The lowest BCUT2D eigenvalue weighted by atomic mass is 9.86. The van der Waals surface area contributed by atoms with Gasteiger partial charge in [-0.2, -0.15) is 0 Å². The molecule has 0 atom stereocenters. The molecule has 0 aromatic heterocycles. The maximum Gasteiger partial charge on any atom is 0.0178 e. The molecule has 1 radical (unpaired) electrons. The number of rotatable bonds is 1. The van der Waals surface area contributed by atoms with Gasteiger partial charge in [-0.25, -0.2) is 0 Å². The molecule has 1 aromatic rings. The van der Waals surface area contributed by atoms with Crippen molar-refractivity contribution >= 4 is 0 Å². The average Bonchev–Trinajstić information content (AvgIpc) is 2.03. The lowest BCUT2D eigenvalue weighted by molar-refractivity contribution is 0.589. The van der Waals surface area contributed by atoms with Crippen LogP contribution in [0.15, 0.2) is 18.2 Å². The van der Waals surface area contributed by atoms with Crippen molar-refractivity contribution in [3.05, 3.63) is 35.4 Å². The minimum absolute atomic E-state index is 0.196. The number of nitrogens with two attached hydrogens (primary N) is 1. The van der Waals surface area contributed by atoms with E-state index in [0.29, 0.717) is 6.54 Å². The van der Waals surface area contributed by atoms with Gasteiger partial charge < -0.3 is 5.73 Å². The molecule has 1 aromatic carbocycles. The molecule has 0 aliphatic carbocycles. The zero-order chi connectivity index (χ0) is 9.19. The van der Waals surface area contributed by atoms with Crippen molar-refractivity contribution in [3.8, 4) is 0 Å². The van der Waals surface area contributed by atoms with E-state index in [1.807, 2.05) is 12.1 Å². The summed E-state index contributed by atoms with van der Waals surface area (Å²) in [5, 5.41) is 0. The van der Waals surface area contributed by atoms with E-state index >= 15 is 0 Å². The highest BCUT2D eigenvalue weighted by molar-refractivity contribution is 5.27. The molecule has 0 saturated heterocycles. The first-order valence-electron chi connectivity index (χ1n) is 4.24. The molecule has 0 bridgehead atoms. The van der Waals surface area contributed by atoms with Crippen molar-refractivity contribution in [2.24, 2.45) is 5.73 Å². The van der Waals surface area contributed by atoms with Crippen LogP contribution in [-0.2, 0) is 12.0 Å². The molecule has 0 aliphatic heterocycles. The summed E-state index contributed by atoms with van der Waals surface area (Å²) in [4.78, 5) is 0. The van der Waals surface area contributed by atoms with Gasteiger partial charge in [-0.15, -0.1) is 0 Å². The van der Waals surface area contributed by atoms with Gasteiger partial charge in [-0.05, 0) is 28.7 Å². The number of hydrogen-bond acceptors (Lipinski definition) is 1. The van der Waals surface area contributed by atoms with E-state index in [9.17, 15) is 0 Å². The van der Waals surface area contributed by atoms with Crippen molar-refractivity contribution in [1.82, 2.24) is 0 Å². The van der Waals surface area contributed by atoms with Crippen LogP contribution in [0.3, 0.4) is 0 Å². The van der Waals surface area contributed by atoms with E-state index in [1.165, 1.54) is 5.56 Å². The summed E-state index contributed by atoms with van der Waals surface area (Å²) < 4.78 is 0. The molecule has 0 heterocycles. The number of hydrogen-bond donors (Lipinski definition) is 1. The van der Waals surface area contributed by atoms with Crippen molar-refractivity contribution in [1.29, 1.82) is 0 Å². The Morgan fingerprint density at radius 2 is 2.00 bits per heavy atom. The zero-order valence-electron chi connectivity index (χ0n) is 8.02. The van der Waals surface area contributed by atoms with Crippen molar-refractivity contribution in [2.75, 3.05) is 0 Å². The molecule has 65 valence electrons. The summed E-state index contributed by atoms with van der Waals surface area (Å²) in [5.41, 5.74) is 8.19. The highest BCUT2D eigenvalue weighted by Crippen LogP contribution is 2.22. The molecular formula is C11H16N. The van der Waals surface area contributed by atoms with Gasteiger partial charge in [0.05, 0.1) is 0 Å². The normalized spacial score (nSPS) is 11.7. The molecule has 12 heavy (non-hydrogen) atoms. The second-order valence-corrected chi connectivity index (χ2v) is 4.08. The molecule has 0 fully saturated rings. The maximum atomic E-state index is 5.54. The van der Waals surface area contributed by atoms with Crippen LogP contribution in [0.5, 0.6) is 0 Å². The van der Waals surface area contributed by atoms with Crippen molar-refractivity contribution in [3.63, 3.8) is 0 Å². The van der Waals surface area contributed by atoms with Crippen molar-refractivity contribution in [2.45, 2.75) is 32.7 Å². The number of benzene rings is 1. The van der Waals surface area contributed by atoms with Crippen LogP contribution in [0, 0.1) is 6.07 Å². The molecule has 0 spiro atoms. The zero-order valence-corrected chi connectivity index (χ0v) is 8.02. The van der Waals surface area contributed by atoms with E-state index < -0.39 is 0 Å². The maximum absolute atomic E-state index is 5.54. The Morgan fingerprint density at radius 1 is 1.33 bits per heavy atom. The third-order valence-corrected chi connectivity index (χ3v) is 1.95. The molecule has 0 amide bonds. The van der Waals surface area contributed by atoms with Gasteiger partial charge in [-0.1, -0.05) is 32.9 Å². The van der Waals surface area contributed by atoms with Gasteiger partial charge >= 0.3 is 0 Å². The fourth-order valence-corrected chi connectivity index (χ4v) is 1.07. The molecule has 1 heteroatoms. The Labute approximate surface area is 74.6 Å². The van der Waals surface area contributed by atoms with Crippen LogP contribution in [0.2, 0.25) is 0 Å². The summed E-state index contributed by atoms with van der Waals surface area (Å²) in [6.07, 6.45) is 0. The SMILES string of the molecule is CC(C)(C)c1c[c]cc(CN)c1. The van der Waals surface area contributed by atoms with Crippen LogP contribution in [0.1, 0.15) is 31.9 Å². The molecule has 1 rings (SSSR count). The van der Waals surface area contributed by atoms with Gasteiger partial charge in [0.2, 0.25) is 0 Å². The van der Waals surface area contributed by atoms with Gasteiger partial charge in [0.1, 0.15) is 0 Å². The minimum Gasteiger partial charge on any atom is -0.326 e. The lowest BCUT2D eigenvalue weighted by Crippen LogP contribution is -2.11. The highest BCUT2D eigenvalue weighted by Gasteiger charge is 2.12. The van der Waals surface area contributed by atoms with E-state index in [2.05, 4.69) is 32.9 Å². The van der Waals surface area contributed by atoms with Crippen LogP contribution in [-0.4, -0.2) is 0 Å². The second-order valence-electron chi connectivity index (χ2n) is 4.08. The van der Waals surface area contributed by atoms with Gasteiger partial charge in [0, 0.05) is 6.54 Å². The predicted molar refractivity (Wildman–Crippen MR) is 51.9 cm³/mol. The Kier molecular flexibility index (Phi) is 2.53. The Balaban J connectivity index is 3.02. The highest BCUT2D eigenvalue weighted by atomic mass is 14.5. The summed E-state index contributed by atoms with van der Waals surface area (Å²) in [5.74, 6) is 0. The summed E-state index contributed by atoms with van der Waals surface area (Å²) in [7, 11) is 0. The van der Waals surface area contributed by atoms with Crippen LogP contribution in [0.25, 0.3) is 0 Å². The van der Waals surface area contributed by atoms with E-state index in [0.717, 1.165) is 5.56 Å². The molecular weight excluding hydrogens is 146 g/mol. The van der Waals surface area contributed by atoms with Crippen LogP contribution in [0.4, 0.5) is 0 Å².